The molecule has 0 radical (unpaired) electrons. The SMILES string of the molecule is CN(C)S(=O)(=O)Nc1ccc(C[C@H](NC(=O)C(=O)Nc2cc(Cl)ccc2-n2cnnn2)C(=O)Nc2ccc3[nH]c(C(O)O)cc3c2)cc1. The van der Waals surface area contributed by atoms with Crippen LogP contribution in [0.2, 0.25) is 5.02 Å². The summed E-state index contributed by atoms with van der Waals surface area (Å²) in [4.78, 5) is 42.7. The van der Waals surface area contributed by atoms with Crippen LogP contribution in [0.15, 0.2) is 73.1 Å². The summed E-state index contributed by atoms with van der Waals surface area (Å²) >= 11 is 6.12. The molecule has 0 aliphatic heterocycles. The molecule has 0 spiro atoms. The molecule has 0 fully saturated rings. The van der Waals surface area contributed by atoms with E-state index >= 15 is 0 Å². The lowest BCUT2D eigenvalue weighted by Gasteiger charge is -2.19. The zero-order chi connectivity index (χ0) is 34.6. The number of aliphatic hydroxyl groups is 2. The highest BCUT2D eigenvalue weighted by Crippen LogP contribution is 2.25. The largest absolute Gasteiger partial charge is 0.363 e. The number of carbonyl (C=O) groups is 3. The molecule has 0 unspecified atom stereocenters. The fourth-order valence-corrected chi connectivity index (χ4v) is 5.27. The molecule has 0 bridgehead atoms. The summed E-state index contributed by atoms with van der Waals surface area (Å²) in [6.45, 7) is 0. The van der Waals surface area contributed by atoms with E-state index in [0.29, 0.717) is 27.8 Å². The number of aromatic nitrogens is 5. The highest BCUT2D eigenvalue weighted by Gasteiger charge is 2.26. The monoisotopic (exact) mass is 696 g/mol. The molecule has 19 heteroatoms. The maximum Gasteiger partial charge on any atom is 0.313 e. The highest BCUT2D eigenvalue weighted by molar-refractivity contribution is 7.90. The van der Waals surface area contributed by atoms with Crippen LogP contribution in [0.4, 0.5) is 17.1 Å². The molecule has 0 saturated carbocycles. The Kier molecular flexibility index (Phi) is 10.0. The zero-order valence-corrected chi connectivity index (χ0v) is 26.8. The minimum absolute atomic E-state index is 0.0914. The van der Waals surface area contributed by atoms with Gasteiger partial charge in [0.1, 0.15) is 12.4 Å². The van der Waals surface area contributed by atoms with E-state index in [1.807, 2.05) is 0 Å². The number of aromatic amines is 1. The van der Waals surface area contributed by atoms with Crippen molar-refractivity contribution in [3.8, 4) is 5.69 Å². The molecule has 3 aromatic carbocycles. The number of carbonyl (C=O) groups excluding carboxylic acids is 3. The van der Waals surface area contributed by atoms with Gasteiger partial charge in [0.25, 0.3) is 0 Å². The molecule has 5 aromatic rings. The predicted molar refractivity (Wildman–Crippen MR) is 175 cm³/mol. The molecule has 3 amide bonds. The van der Waals surface area contributed by atoms with E-state index < -0.39 is 40.3 Å². The molecule has 1 atom stereocenters. The third kappa shape index (κ3) is 8.11. The molecule has 0 aliphatic carbocycles. The molecule has 48 heavy (non-hydrogen) atoms. The number of halogens is 1. The smallest absolute Gasteiger partial charge is 0.313 e. The number of anilines is 3. The Morgan fingerprint density at radius 1 is 0.958 bits per heavy atom. The van der Waals surface area contributed by atoms with Gasteiger partial charge in [-0.15, -0.1) is 5.10 Å². The van der Waals surface area contributed by atoms with Crippen molar-refractivity contribution in [3.05, 3.63) is 89.3 Å². The van der Waals surface area contributed by atoms with Crippen molar-refractivity contribution in [1.82, 2.24) is 34.8 Å². The summed E-state index contributed by atoms with van der Waals surface area (Å²) < 4.78 is 29.1. The van der Waals surface area contributed by atoms with Crippen LogP contribution in [0, 0.1) is 0 Å². The average molecular weight is 697 g/mol. The summed E-state index contributed by atoms with van der Waals surface area (Å²) in [5.74, 6) is -2.93. The van der Waals surface area contributed by atoms with Crippen molar-refractivity contribution in [3.63, 3.8) is 0 Å². The van der Waals surface area contributed by atoms with E-state index in [-0.39, 0.29) is 28.5 Å². The van der Waals surface area contributed by atoms with Gasteiger partial charge in [-0.3, -0.25) is 19.1 Å². The number of fused-ring (bicyclic) bond motifs is 1. The first-order valence-corrected chi connectivity index (χ1v) is 15.8. The molecule has 7 N–H and O–H groups in total. The standard InChI is InChI=1S/C29H29ClN10O7S/c1-39(2)48(46,47)36-19-6-3-16(4-7-19)11-23(26(41)32-20-8-9-21-17(12-20)13-24(33-21)29(44)45)35-28(43)27(42)34-22-14-18(30)5-10-25(22)40-15-31-37-38-40/h3-10,12-15,23,29,33,36,44-45H,11H2,1-2H3,(H,32,41)(H,34,42)(H,35,43)/t23-/m0/s1. The van der Waals surface area contributed by atoms with Crippen LogP contribution < -0.4 is 20.7 Å². The molecular weight excluding hydrogens is 668 g/mol. The van der Waals surface area contributed by atoms with Gasteiger partial charge in [0, 0.05) is 47.8 Å². The topological polar surface area (TPSA) is 237 Å². The maximum absolute atomic E-state index is 13.6. The van der Waals surface area contributed by atoms with Gasteiger partial charge in [0.05, 0.1) is 17.1 Å². The Balaban J connectivity index is 1.37. The number of rotatable bonds is 11. The Hall–Kier alpha value is -5.40. The first-order valence-electron chi connectivity index (χ1n) is 14.0. The molecule has 2 aromatic heterocycles. The number of H-pyrrole nitrogens is 1. The number of nitrogens with zero attached hydrogens (tertiary/aromatic N) is 5. The second kappa shape index (κ2) is 14.2. The molecule has 17 nitrogen and oxygen atoms in total. The van der Waals surface area contributed by atoms with E-state index in [9.17, 15) is 33.0 Å². The number of benzene rings is 3. The zero-order valence-electron chi connectivity index (χ0n) is 25.2. The summed E-state index contributed by atoms with van der Waals surface area (Å²) in [7, 11) is -1.01. The van der Waals surface area contributed by atoms with Crippen molar-refractivity contribution in [2.75, 3.05) is 29.5 Å². The molecule has 250 valence electrons. The van der Waals surface area contributed by atoms with Gasteiger partial charge in [-0.05, 0) is 70.6 Å². The number of nitrogens with one attached hydrogen (secondary N) is 5. The van der Waals surface area contributed by atoms with Crippen molar-refractivity contribution >= 4 is 67.5 Å². The molecular formula is C29H29ClN10O7S. The Bertz CT molecular complexity index is 2070. The van der Waals surface area contributed by atoms with Crippen LogP contribution in [0.25, 0.3) is 16.6 Å². The van der Waals surface area contributed by atoms with Crippen LogP contribution >= 0.6 is 11.6 Å². The van der Waals surface area contributed by atoms with E-state index in [1.54, 1.807) is 36.4 Å². The lowest BCUT2D eigenvalue weighted by molar-refractivity contribution is -0.137. The summed E-state index contributed by atoms with van der Waals surface area (Å²) in [5, 5.41) is 38.4. The van der Waals surface area contributed by atoms with Crippen LogP contribution in [0.5, 0.6) is 0 Å². The van der Waals surface area contributed by atoms with Gasteiger partial charge in [0.2, 0.25) is 5.91 Å². The number of hydrogen-bond donors (Lipinski definition) is 7. The first-order chi connectivity index (χ1) is 22.8. The van der Waals surface area contributed by atoms with Gasteiger partial charge >= 0.3 is 22.0 Å². The van der Waals surface area contributed by atoms with Gasteiger partial charge < -0.3 is 31.1 Å². The Labute approximate surface area is 278 Å². The first kappa shape index (κ1) is 33.9. The normalized spacial score (nSPS) is 12.2. The average Bonchev–Trinajstić information content (AvgIpc) is 3.72. The van der Waals surface area contributed by atoms with Crippen molar-refractivity contribution in [1.29, 1.82) is 0 Å². The molecule has 0 aliphatic rings. The van der Waals surface area contributed by atoms with Gasteiger partial charge in [0.15, 0.2) is 6.29 Å². The third-order valence-corrected chi connectivity index (χ3v) is 8.63. The lowest BCUT2D eigenvalue weighted by Crippen LogP contribution is -2.49. The molecule has 2 heterocycles. The highest BCUT2D eigenvalue weighted by atomic mass is 35.5. The summed E-state index contributed by atoms with van der Waals surface area (Å²) in [6.07, 6.45) is -0.527. The third-order valence-electron chi connectivity index (χ3n) is 6.94. The van der Waals surface area contributed by atoms with Crippen molar-refractivity contribution in [2.45, 2.75) is 18.8 Å². The number of amides is 3. The van der Waals surface area contributed by atoms with Crippen LogP contribution in [-0.2, 0) is 31.0 Å². The van der Waals surface area contributed by atoms with Gasteiger partial charge in [-0.1, -0.05) is 23.7 Å². The van der Waals surface area contributed by atoms with Crippen LogP contribution in [0.1, 0.15) is 17.5 Å². The van der Waals surface area contributed by atoms with E-state index in [1.165, 1.54) is 55.4 Å². The second-order valence-electron chi connectivity index (χ2n) is 10.6. The Morgan fingerprint density at radius 2 is 1.69 bits per heavy atom. The maximum atomic E-state index is 13.6. The van der Waals surface area contributed by atoms with E-state index in [0.717, 1.165) is 4.31 Å². The van der Waals surface area contributed by atoms with E-state index in [4.69, 9.17) is 11.6 Å². The number of aliphatic hydroxyl groups excluding tert-OH is 1. The van der Waals surface area contributed by atoms with Crippen molar-refractivity contribution < 1.29 is 33.0 Å². The fraction of sp³-hybridized carbons (Fsp3) is 0.172. The fourth-order valence-electron chi connectivity index (χ4n) is 4.48. The summed E-state index contributed by atoms with van der Waals surface area (Å²) in [6, 6.07) is 15.6. The van der Waals surface area contributed by atoms with Crippen LogP contribution in [-0.4, -0.2) is 86.0 Å². The molecule has 0 saturated heterocycles. The second-order valence-corrected chi connectivity index (χ2v) is 12.9. The quantitative estimate of drug-likeness (QED) is 0.0772. The predicted octanol–water partition coefficient (Wildman–Crippen LogP) is 1.30. The minimum Gasteiger partial charge on any atom is -0.363 e. The Morgan fingerprint density at radius 3 is 2.35 bits per heavy atom. The lowest BCUT2D eigenvalue weighted by atomic mass is 10.0. The van der Waals surface area contributed by atoms with Gasteiger partial charge in [-0.2, -0.15) is 17.4 Å². The number of tetrazole rings is 1. The van der Waals surface area contributed by atoms with E-state index in [2.05, 4.69) is 41.2 Å². The number of hydrogen-bond acceptors (Lipinski definition) is 10. The minimum atomic E-state index is -3.76. The van der Waals surface area contributed by atoms with Crippen molar-refractivity contribution in [2.24, 2.45) is 0 Å². The van der Waals surface area contributed by atoms with Crippen LogP contribution in [0.3, 0.4) is 0 Å². The molecule has 5 rings (SSSR count). The summed E-state index contributed by atoms with van der Waals surface area (Å²) in [5.41, 5.74) is 2.31. The van der Waals surface area contributed by atoms with Gasteiger partial charge in [-0.25, -0.2) is 0 Å².